The Morgan fingerprint density at radius 3 is 2.53 bits per heavy atom. The van der Waals surface area contributed by atoms with Crippen LogP contribution in [0.25, 0.3) is 0 Å². The zero-order valence-corrected chi connectivity index (χ0v) is 10.4. The molecule has 3 heteroatoms. The van der Waals surface area contributed by atoms with E-state index >= 15 is 0 Å². The van der Waals surface area contributed by atoms with Gasteiger partial charge in [0.05, 0.1) is 5.60 Å². The normalized spacial score (nSPS) is 11.5. The first-order valence-electron chi connectivity index (χ1n) is 5.89. The Kier molecular flexibility index (Phi) is 4.70. The maximum atomic E-state index is 10.4. The van der Waals surface area contributed by atoms with Crippen LogP contribution in [0.4, 0.5) is 0 Å². The van der Waals surface area contributed by atoms with Crippen LogP contribution in [0, 0.1) is 0 Å². The standard InChI is InChI=1S/C14H20O3/c1-14(2,17)10-12-7-3-5-11(9-12)6-4-8-13(15)16/h3,5,7,9,17H,4,6,8,10H2,1-2H3,(H,15,16). The first kappa shape index (κ1) is 13.7. The van der Waals surface area contributed by atoms with Crippen molar-refractivity contribution in [2.24, 2.45) is 0 Å². The van der Waals surface area contributed by atoms with Crippen LogP contribution < -0.4 is 0 Å². The molecule has 3 nitrogen and oxygen atoms in total. The number of aliphatic hydroxyl groups is 1. The summed E-state index contributed by atoms with van der Waals surface area (Å²) >= 11 is 0. The summed E-state index contributed by atoms with van der Waals surface area (Å²) in [7, 11) is 0. The number of hydrogen-bond donors (Lipinski definition) is 2. The molecule has 17 heavy (non-hydrogen) atoms. The third-order valence-corrected chi connectivity index (χ3v) is 2.48. The predicted octanol–water partition coefficient (Wildman–Crippen LogP) is 2.41. The minimum absolute atomic E-state index is 0.204. The lowest BCUT2D eigenvalue weighted by Crippen LogP contribution is -2.21. The predicted molar refractivity (Wildman–Crippen MR) is 67.0 cm³/mol. The molecular formula is C14H20O3. The smallest absolute Gasteiger partial charge is 0.303 e. The lowest BCUT2D eigenvalue weighted by molar-refractivity contribution is -0.137. The highest BCUT2D eigenvalue weighted by Crippen LogP contribution is 2.15. The Bertz CT molecular complexity index is 377. The molecule has 0 atom stereocenters. The van der Waals surface area contributed by atoms with Gasteiger partial charge in [0.2, 0.25) is 0 Å². The molecule has 0 spiro atoms. The molecule has 0 unspecified atom stereocenters. The molecule has 0 heterocycles. The Morgan fingerprint density at radius 1 is 1.29 bits per heavy atom. The zero-order valence-electron chi connectivity index (χ0n) is 10.4. The van der Waals surface area contributed by atoms with E-state index in [1.807, 2.05) is 24.3 Å². The molecule has 0 saturated carbocycles. The van der Waals surface area contributed by atoms with Crippen LogP contribution in [0.15, 0.2) is 24.3 Å². The fraction of sp³-hybridized carbons (Fsp3) is 0.500. The van der Waals surface area contributed by atoms with Crippen LogP contribution in [0.5, 0.6) is 0 Å². The average Bonchev–Trinajstić information content (AvgIpc) is 2.14. The Balaban J connectivity index is 2.57. The molecule has 0 aromatic heterocycles. The molecule has 0 aliphatic carbocycles. The summed E-state index contributed by atoms with van der Waals surface area (Å²) < 4.78 is 0. The fourth-order valence-corrected chi connectivity index (χ4v) is 1.84. The van der Waals surface area contributed by atoms with Crippen molar-refractivity contribution in [2.45, 2.75) is 45.1 Å². The van der Waals surface area contributed by atoms with Gasteiger partial charge in [0.25, 0.3) is 0 Å². The van der Waals surface area contributed by atoms with Crippen molar-refractivity contribution in [2.75, 3.05) is 0 Å². The second-order valence-electron chi connectivity index (χ2n) is 5.06. The molecule has 0 saturated heterocycles. The highest BCUT2D eigenvalue weighted by atomic mass is 16.4. The van der Waals surface area contributed by atoms with Gasteiger partial charge < -0.3 is 10.2 Å². The molecule has 2 N–H and O–H groups in total. The zero-order chi connectivity index (χ0) is 12.9. The van der Waals surface area contributed by atoms with Gasteiger partial charge in [0, 0.05) is 12.8 Å². The van der Waals surface area contributed by atoms with Crippen molar-refractivity contribution in [1.29, 1.82) is 0 Å². The molecule has 1 rings (SSSR count). The minimum Gasteiger partial charge on any atom is -0.481 e. The average molecular weight is 236 g/mol. The van der Waals surface area contributed by atoms with Gasteiger partial charge in [0.15, 0.2) is 0 Å². The Labute approximate surface area is 102 Å². The number of carboxylic acids is 1. The molecule has 1 aromatic carbocycles. The maximum Gasteiger partial charge on any atom is 0.303 e. The fourth-order valence-electron chi connectivity index (χ4n) is 1.84. The van der Waals surface area contributed by atoms with E-state index in [9.17, 15) is 9.90 Å². The topological polar surface area (TPSA) is 57.5 Å². The number of carboxylic acid groups (broad SMARTS) is 1. The van der Waals surface area contributed by atoms with E-state index in [1.165, 1.54) is 0 Å². The summed E-state index contributed by atoms with van der Waals surface area (Å²) in [5.41, 5.74) is 1.51. The van der Waals surface area contributed by atoms with E-state index < -0.39 is 11.6 Å². The molecule has 0 aliphatic heterocycles. The van der Waals surface area contributed by atoms with Gasteiger partial charge in [-0.25, -0.2) is 0 Å². The number of rotatable bonds is 6. The quantitative estimate of drug-likeness (QED) is 0.797. The van der Waals surface area contributed by atoms with Crippen molar-refractivity contribution < 1.29 is 15.0 Å². The molecule has 0 radical (unpaired) electrons. The Morgan fingerprint density at radius 2 is 1.94 bits per heavy atom. The van der Waals surface area contributed by atoms with Crippen molar-refractivity contribution >= 4 is 5.97 Å². The van der Waals surface area contributed by atoms with Crippen LogP contribution in [-0.4, -0.2) is 21.8 Å². The summed E-state index contributed by atoms with van der Waals surface area (Å²) in [6.45, 7) is 3.56. The van der Waals surface area contributed by atoms with Gasteiger partial charge in [-0.2, -0.15) is 0 Å². The van der Waals surface area contributed by atoms with E-state index in [1.54, 1.807) is 13.8 Å². The summed E-state index contributed by atoms with van der Waals surface area (Å²) in [6, 6.07) is 7.98. The van der Waals surface area contributed by atoms with Gasteiger partial charge >= 0.3 is 5.97 Å². The van der Waals surface area contributed by atoms with Crippen molar-refractivity contribution in [3.05, 3.63) is 35.4 Å². The van der Waals surface area contributed by atoms with Gasteiger partial charge in [-0.05, 0) is 37.8 Å². The van der Waals surface area contributed by atoms with Crippen LogP contribution in [-0.2, 0) is 17.6 Å². The Hall–Kier alpha value is -1.35. The number of hydrogen-bond acceptors (Lipinski definition) is 2. The van der Waals surface area contributed by atoms with E-state index in [4.69, 9.17) is 5.11 Å². The summed E-state index contributed by atoms with van der Waals surface area (Å²) in [5, 5.41) is 18.3. The first-order chi connectivity index (χ1) is 7.87. The van der Waals surface area contributed by atoms with E-state index in [0.29, 0.717) is 12.8 Å². The van der Waals surface area contributed by atoms with Crippen molar-refractivity contribution in [3.8, 4) is 0 Å². The number of aliphatic carboxylic acids is 1. The highest BCUT2D eigenvalue weighted by molar-refractivity contribution is 5.66. The molecule has 0 amide bonds. The molecular weight excluding hydrogens is 216 g/mol. The number of carbonyl (C=O) groups is 1. The van der Waals surface area contributed by atoms with Crippen LogP contribution in [0.2, 0.25) is 0 Å². The molecule has 0 bridgehead atoms. The summed E-state index contributed by atoms with van der Waals surface area (Å²) in [5.74, 6) is -0.752. The lowest BCUT2D eigenvalue weighted by atomic mass is 9.96. The molecule has 0 aliphatic rings. The minimum atomic E-state index is -0.752. The van der Waals surface area contributed by atoms with E-state index in [0.717, 1.165) is 17.5 Å². The van der Waals surface area contributed by atoms with E-state index in [2.05, 4.69) is 0 Å². The second-order valence-corrected chi connectivity index (χ2v) is 5.06. The van der Waals surface area contributed by atoms with Crippen LogP contribution >= 0.6 is 0 Å². The van der Waals surface area contributed by atoms with Crippen molar-refractivity contribution in [3.63, 3.8) is 0 Å². The number of benzene rings is 1. The van der Waals surface area contributed by atoms with Gasteiger partial charge in [-0.1, -0.05) is 24.3 Å². The SMILES string of the molecule is CC(C)(O)Cc1cccc(CCCC(=O)O)c1. The third-order valence-electron chi connectivity index (χ3n) is 2.48. The van der Waals surface area contributed by atoms with E-state index in [-0.39, 0.29) is 6.42 Å². The number of aryl methyl sites for hydroxylation is 1. The maximum absolute atomic E-state index is 10.4. The van der Waals surface area contributed by atoms with Crippen molar-refractivity contribution in [1.82, 2.24) is 0 Å². The first-order valence-corrected chi connectivity index (χ1v) is 5.89. The second kappa shape index (κ2) is 5.82. The largest absolute Gasteiger partial charge is 0.481 e. The lowest BCUT2D eigenvalue weighted by Gasteiger charge is -2.17. The van der Waals surface area contributed by atoms with Gasteiger partial charge in [-0.3, -0.25) is 4.79 Å². The monoisotopic (exact) mass is 236 g/mol. The van der Waals surface area contributed by atoms with Crippen LogP contribution in [0.3, 0.4) is 0 Å². The molecule has 94 valence electrons. The molecule has 0 fully saturated rings. The summed E-state index contributed by atoms with van der Waals surface area (Å²) in [6.07, 6.45) is 2.24. The van der Waals surface area contributed by atoms with Crippen LogP contribution in [0.1, 0.15) is 37.8 Å². The van der Waals surface area contributed by atoms with Gasteiger partial charge in [-0.15, -0.1) is 0 Å². The summed E-state index contributed by atoms with van der Waals surface area (Å²) in [4.78, 5) is 10.4. The molecule has 1 aromatic rings. The third kappa shape index (κ3) is 6.07. The highest BCUT2D eigenvalue weighted by Gasteiger charge is 2.13. The van der Waals surface area contributed by atoms with Gasteiger partial charge in [0.1, 0.15) is 0 Å².